The molecule has 3 atom stereocenters. The van der Waals surface area contributed by atoms with Crippen molar-refractivity contribution in [3.8, 4) is 0 Å². The first-order chi connectivity index (χ1) is 8.27. The Morgan fingerprint density at radius 1 is 1.12 bits per heavy atom. The summed E-state index contributed by atoms with van der Waals surface area (Å²) in [5.41, 5.74) is 0.927. The van der Waals surface area contributed by atoms with Crippen molar-refractivity contribution in [3.63, 3.8) is 0 Å². The highest BCUT2D eigenvalue weighted by atomic mass is 16.3. The first-order valence-corrected chi connectivity index (χ1v) is 6.53. The lowest BCUT2D eigenvalue weighted by Crippen LogP contribution is -3.21. The monoisotopic (exact) mass is 234 g/mol. The summed E-state index contributed by atoms with van der Waals surface area (Å²) >= 11 is 0. The number of aliphatic hydroxyl groups excluding tert-OH is 2. The number of quaternary nitrogens is 1. The van der Waals surface area contributed by atoms with Crippen LogP contribution in [0.15, 0.2) is 30.3 Å². The Labute approximate surface area is 102 Å². The minimum Gasteiger partial charge on any atom is -0.387 e. The predicted octanol–water partition coefficient (Wildman–Crippen LogP) is -0.242. The zero-order chi connectivity index (χ0) is 11.8. The van der Waals surface area contributed by atoms with Crippen LogP contribution in [0.1, 0.15) is 24.5 Å². The summed E-state index contributed by atoms with van der Waals surface area (Å²) < 4.78 is 0. The number of benzene rings is 1. The van der Waals surface area contributed by atoms with Gasteiger partial charge in [0.1, 0.15) is 18.2 Å². The summed E-state index contributed by atoms with van der Waals surface area (Å²) in [6, 6.07) is 9.69. The summed E-state index contributed by atoms with van der Waals surface area (Å²) in [7, 11) is 0. The number of aliphatic hydroxyl groups is 2. The quantitative estimate of drug-likeness (QED) is 0.661. The van der Waals surface area contributed by atoms with Crippen LogP contribution in [0, 0.1) is 5.92 Å². The molecule has 0 amide bonds. The van der Waals surface area contributed by atoms with E-state index in [1.807, 2.05) is 30.3 Å². The predicted molar refractivity (Wildman–Crippen MR) is 64.6 cm³/mol. The molecule has 92 valence electrons. The first-order valence-electron chi connectivity index (χ1n) is 6.53. The molecule has 3 fully saturated rings. The molecule has 0 spiro atoms. The molecule has 1 aromatic carbocycles. The van der Waals surface area contributed by atoms with Gasteiger partial charge in [0.05, 0.1) is 13.1 Å². The highest BCUT2D eigenvalue weighted by molar-refractivity contribution is 5.19. The topological polar surface area (TPSA) is 44.9 Å². The summed E-state index contributed by atoms with van der Waals surface area (Å²) in [5, 5.41) is 20.8. The molecule has 17 heavy (non-hydrogen) atoms. The lowest BCUT2D eigenvalue weighted by molar-refractivity contribution is -0.951. The molecule has 0 unspecified atom stereocenters. The van der Waals surface area contributed by atoms with Crippen molar-refractivity contribution in [2.45, 2.75) is 31.1 Å². The van der Waals surface area contributed by atoms with Crippen LogP contribution in [-0.2, 0) is 0 Å². The Bertz CT molecular complexity index is 371. The number of piperidine rings is 3. The fourth-order valence-electron chi connectivity index (χ4n) is 3.49. The molecule has 0 radical (unpaired) electrons. The van der Waals surface area contributed by atoms with E-state index in [0.29, 0.717) is 5.92 Å². The minimum absolute atomic E-state index is 0.0371. The van der Waals surface area contributed by atoms with Crippen LogP contribution < -0.4 is 4.90 Å². The lowest BCUT2D eigenvalue weighted by atomic mass is 9.77. The molecule has 1 aromatic rings. The van der Waals surface area contributed by atoms with Crippen molar-refractivity contribution in [2.24, 2.45) is 5.92 Å². The van der Waals surface area contributed by atoms with Gasteiger partial charge in [-0.15, -0.1) is 0 Å². The van der Waals surface area contributed by atoms with Gasteiger partial charge in [0.25, 0.3) is 0 Å². The van der Waals surface area contributed by atoms with Crippen molar-refractivity contribution < 1.29 is 15.1 Å². The summed E-state index contributed by atoms with van der Waals surface area (Å²) in [6.45, 7) is 2.19. The van der Waals surface area contributed by atoms with Gasteiger partial charge in [-0.25, -0.2) is 0 Å². The van der Waals surface area contributed by atoms with E-state index in [0.717, 1.165) is 31.5 Å². The largest absolute Gasteiger partial charge is 0.387 e. The molecule has 3 aliphatic rings. The van der Waals surface area contributed by atoms with E-state index in [9.17, 15) is 10.2 Å². The number of rotatable bonds is 2. The molecular weight excluding hydrogens is 214 g/mol. The Morgan fingerprint density at radius 2 is 1.76 bits per heavy atom. The molecule has 3 saturated heterocycles. The third kappa shape index (κ3) is 1.88. The molecule has 3 nitrogen and oxygen atoms in total. The van der Waals surface area contributed by atoms with Crippen molar-refractivity contribution >= 4 is 0 Å². The Balaban J connectivity index is 1.84. The normalized spacial score (nSPS) is 38.0. The maximum absolute atomic E-state index is 10.5. The molecular formula is C14H20NO2+. The van der Waals surface area contributed by atoms with Gasteiger partial charge in [-0.05, 0) is 5.56 Å². The average Bonchev–Trinajstić information content (AvgIpc) is 2.40. The molecule has 3 N–H and O–H groups in total. The number of hydrogen-bond donors (Lipinski definition) is 3. The van der Waals surface area contributed by atoms with E-state index in [4.69, 9.17) is 0 Å². The van der Waals surface area contributed by atoms with E-state index in [1.165, 1.54) is 4.90 Å². The average molecular weight is 234 g/mol. The SMILES string of the molecule is O[C@H](c1ccccc1)[C@H]1[C@H](O)C2CC[NH+]1CC2. The summed E-state index contributed by atoms with van der Waals surface area (Å²) in [4.78, 5) is 1.37. The fourth-order valence-corrected chi connectivity index (χ4v) is 3.49. The molecule has 2 bridgehead atoms. The van der Waals surface area contributed by atoms with E-state index < -0.39 is 6.10 Å². The van der Waals surface area contributed by atoms with Crippen LogP contribution in [0.5, 0.6) is 0 Å². The van der Waals surface area contributed by atoms with Gasteiger partial charge in [-0.2, -0.15) is 0 Å². The van der Waals surface area contributed by atoms with Crippen LogP contribution in [0.2, 0.25) is 0 Å². The van der Waals surface area contributed by atoms with Gasteiger partial charge in [-0.3, -0.25) is 0 Å². The molecule has 3 heterocycles. The van der Waals surface area contributed by atoms with E-state index >= 15 is 0 Å². The Kier molecular flexibility index (Phi) is 2.90. The van der Waals surface area contributed by atoms with Gasteiger partial charge in [0.2, 0.25) is 0 Å². The molecule has 4 rings (SSSR count). The Hall–Kier alpha value is -0.900. The summed E-state index contributed by atoms with van der Waals surface area (Å²) in [6.07, 6.45) is 1.33. The van der Waals surface area contributed by atoms with Crippen LogP contribution >= 0.6 is 0 Å². The van der Waals surface area contributed by atoms with Crippen LogP contribution in [0.25, 0.3) is 0 Å². The fraction of sp³-hybridized carbons (Fsp3) is 0.571. The van der Waals surface area contributed by atoms with Crippen LogP contribution in [0.4, 0.5) is 0 Å². The number of hydrogen-bond acceptors (Lipinski definition) is 2. The highest BCUT2D eigenvalue weighted by Gasteiger charge is 2.48. The highest BCUT2D eigenvalue weighted by Crippen LogP contribution is 2.28. The van der Waals surface area contributed by atoms with Crippen LogP contribution in [-0.4, -0.2) is 35.4 Å². The maximum Gasteiger partial charge on any atom is 0.144 e. The van der Waals surface area contributed by atoms with E-state index in [-0.39, 0.29) is 12.1 Å². The standard InChI is InChI=1S/C14H19NO2/c16-13(10-4-2-1-3-5-10)12-14(17)11-6-8-15(12)9-7-11/h1-5,11-14,16-17H,6-9H2/p+1/t12-,13+,14+/m0/s1. The van der Waals surface area contributed by atoms with E-state index in [2.05, 4.69) is 0 Å². The van der Waals surface area contributed by atoms with Crippen molar-refractivity contribution in [1.29, 1.82) is 0 Å². The third-order valence-corrected chi connectivity index (χ3v) is 4.48. The number of fused-ring (bicyclic) bond motifs is 3. The van der Waals surface area contributed by atoms with Gasteiger partial charge in [-0.1, -0.05) is 30.3 Å². The first kappa shape index (κ1) is 11.2. The van der Waals surface area contributed by atoms with Crippen molar-refractivity contribution in [2.75, 3.05) is 13.1 Å². The second-order valence-electron chi connectivity index (χ2n) is 5.37. The van der Waals surface area contributed by atoms with Gasteiger partial charge in [0, 0.05) is 18.8 Å². The zero-order valence-electron chi connectivity index (χ0n) is 9.92. The van der Waals surface area contributed by atoms with Gasteiger partial charge in [0.15, 0.2) is 0 Å². The molecule has 3 aliphatic heterocycles. The second kappa shape index (κ2) is 4.41. The molecule has 0 saturated carbocycles. The lowest BCUT2D eigenvalue weighted by Gasteiger charge is -2.47. The van der Waals surface area contributed by atoms with Gasteiger partial charge < -0.3 is 15.1 Å². The minimum atomic E-state index is -0.538. The van der Waals surface area contributed by atoms with Crippen molar-refractivity contribution in [1.82, 2.24) is 0 Å². The maximum atomic E-state index is 10.5. The molecule has 3 heteroatoms. The zero-order valence-corrected chi connectivity index (χ0v) is 9.92. The summed E-state index contributed by atoms with van der Waals surface area (Å²) in [5.74, 6) is 0.399. The third-order valence-electron chi connectivity index (χ3n) is 4.48. The molecule has 0 aromatic heterocycles. The number of nitrogens with one attached hydrogen (secondary N) is 1. The Morgan fingerprint density at radius 3 is 2.35 bits per heavy atom. The van der Waals surface area contributed by atoms with Crippen LogP contribution in [0.3, 0.4) is 0 Å². The second-order valence-corrected chi connectivity index (χ2v) is 5.37. The van der Waals surface area contributed by atoms with Crippen molar-refractivity contribution in [3.05, 3.63) is 35.9 Å². The molecule has 0 aliphatic carbocycles. The van der Waals surface area contributed by atoms with E-state index in [1.54, 1.807) is 0 Å². The van der Waals surface area contributed by atoms with Gasteiger partial charge >= 0.3 is 0 Å². The smallest absolute Gasteiger partial charge is 0.144 e.